The van der Waals surface area contributed by atoms with Gasteiger partial charge in [0.25, 0.3) is 5.69 Å². The largest absolute Gasteiger partial charge is 0.493 e. The average molecular weight is 551 g/mol. The highest BCUT2D eigenvalue weighted by Crippen LogP contribution is 2.39. The van der Waals surface area contributed by atoms with Crippen LogP contribution >= 0.6 is 11.3 Å². The molecule has 9 heteroatoms. The Labute approximate surface area is 235 Å². The summed E-state index contributed by atoms with van der Waals surface area (Å²) < 4.78 is 11.5. The lowest BCUT2D eigenvalue weighted by atomic mass is 10.1. The van der Waals surface area contributed by atoms with Crippen LogP contribution in [0.5, 0.6) is 11.5 Å². The van der Waals surface area contributed by atoms with Crippen molar-refractivity contribution in [2.24, 2.45) is 5.10 Å². The van der Waals surface area contributed by atoms with Crippen molar-refractivity contribution in [3.05, 3.63) is 124 Å². The van der Waals surface area contributed by atoms with E-state index in [0.717, 1.165) is 38.4 Å². The Balaban J connectivity index is 1.35. The van der Waals surface area contributed by atoms with Crippen LogP contribution in [0.15, 0.2) is 102 Å². The van der Waals surface area contributed by atoms with Gasteiger partial charge in [-0.05, 0) is 53.9 Å². The molecule has 5 aromatic rings. The van der Waals surface area contributed by atoms with Crippen molar-refractivity contribution in [3.63, 3.8) is 0 Å². The van der Waals surface area contributed by atoms with Crippen LogP contribution in [0.3, 0.4) is 0 Å². The van der Waals surface area contributed by atoms with Crippen molar-refractivity contribution in [2.75, 3.05) is 12.5 Å². The number of aryl methyl sites for hydroxylation is 1. The summed E-state index contributed by atoms with van der Waals surface area (Å²) in [4.78, 5) is 16.4. The van der Waals surface area contributed by atoms with E-state index in [-0.39, 0.29) is 5.69 Å². The summed E-state index contributed by atoms with van der Waals surface area (Å²) in [6.45, 7) is 2.47. The number of rotatable bonds is 10. The van der Waals surface area contributed by atoms with Gasteiger partial charge in [-0.15, -0.1) is 0 Å². The van der Waals surface area contributed by atoms with Crippen LogP contribution < -0.4 is 14.9 Å². The second kappa shape index (κ2) is 12.2. The number of anilines is 1. The van der Waals surface area contributed by atoms with Gasteiger partial charge >= 0.3 is 0 Å². The molecule has 0 bridgehead atoms. The molecule has 1 N–H and O–H groups in total. The number of nitrogens with zero attached hydrogens (tertiary/aromatic N) is 3. The molecule has 0 saturated carbocycles. The molecule has 0 saturated heterocycles. The Bertz CT molecular complexity index is 1630. The molecular formula is C31H26N4O4S. The number of hydrogen-bond acceptors (Lipinski definition) is 8. The molecule has 8 nitrogen and oxygen atoms in total. The number of hydrazone groups is 1. The van der Waals surface area contributed by atoms with Gasteiger partial charge in [0, 0.05) is 17.7 Å². The summed E-state index contributed by atoms with van der Waals surface area (Å²) in [5.41, 5.74) is 8.67. The van der Waals surface area contributed by atoms with E-state index in [2.05, 4.69) is 10.5 Å². The van der Waals surface area contributed by atoms with Gasteiger partial charge < -0.3 is 9.47 Å². The number of ether oxygens (including phenoxy) is 2. The van der Waals surface area contributed by atoms with Crippen LogP contribution in [0.25, 0.3) is 21.7 Å². The summed E-state index contributed by atoms with van der Waals surface area (Å²) in [5, 5.41) is 16.1. The Morgan fingerprint density at radius 2 is 1.68 bits per heavy atom. The molecule has 0 unspecified atom stereocenters. The normalized spacial score (nSPS) is 10.9. The Morgan fingerprint density at radius 3 is 2.38 bits per heavy atom. The highest BCUT2D eigenvalue weighted by atomic mass is 32.1. The second-order valence-electron chi connectivity index (χ2n) is 8.92. The highest BCUT2D eigenvalue weighted by Gasteiger charge is 2.16. The Kier molecular flexibility index (Phi) is 8.13. The molecule has 1 heterocycles. The number of benzene rings is 4. The quantitative estimate of drug-likeness (QED) is 0.109. The average Bonchev–Trinajstić information content (AvgIpc) is 3.41. The van der Waals surface area contributed by atoms with Gasteiger partial charge in [-0.2, -0.15) is 5.10 Å². The second-order valence-corrected chi connectivity index (χ2v) is 9.92. The van der Waals surface area contributed by atoms with Crippen LogP contribution in [0, 0.1) is 17.0 Å². The molecule has 0 fully saturated rings. The maximum atomic E-state index is 11.1. The zero-order chi connectivity index (χ0) is 27.9. The van der Waals surface area contributed by atoms with Crippen molar-refractivity contribution in [3.8, 4) is 33.2 Å². The molecule has 200 valence electrons. The summed E-state index contributed by atoms with van der Waals surface area (Å²) in [6.07, 6.45) is 1.68. The third-order valence-electron chi connectivity index (χ3n) is 6.09. The van der Waals surface area contributed by atoms with Gasteiger partial charge in [-0.3, -0.25) is 15.5 Å². The number of thiazole rings is 1. The first-order chi connectivity index (χ1) is 19.5. The van der Waals surface area contributed by atoms with Crippen LogP contribution in [-0.2, 0) is 6.61 Å². The number of aromatic nitrogens is 1. The predicted molar refractivity (Wildman–Crippen MR) is 159 cm³/mol. The molecular weight excluding hydrogens is 524 g/mol. The van der Waals surface area contributed by atoms with Crippen molar-refractivity contribution in [2.45, 2.75) is 13.5 Å². The third-order valence-corrected chi connectivity index (χ3v) is 7.10. The molecule has 5 rings (SSSR count). The van der Waals surface area contributed by atoms with Crippen molar-refractivity contribution >= 4 is 28.4 Å². The first kappa shape index (κ1) is 26.6. The number of nitro benzene ring substituents is 1. The number of hydrogen-bond donors (Lipinski definition) is 1. The molecule has 0 amide bonds. The lowest BCUT2D eigenvalue weighted by molar-refractivity contribution is -0.384. The highest BCUT2D eigenvalue weighted by molar-refractivity contribution is 7.19. The monoisotopic (exact) mass is 550 g/mol. The van der Waals surface area contributed by atoms with E-state index in [1.54, 1.807) is 25.5 Å². The van der Waals surface area contributed by atoms with Crippen LogP contribution in [0.4, 0.5) is 10.8 Å². The lowest BCUT2D eigenvalue weighted by Gasteiger charge is -2.11. The maximum Gasteiger partial charge on any atom is 0.269 e. The van der Waals surface area contributed by atoms with E-state index in [4.69, 9.17) is 14.5 Å². The SMILES string of the molecule is COc1cc(/C=N\Nc2nc(-c3ccc(C)cc3)c(-c3ccc([N+](=O)[O-])cc3)s2)ccc1OCc1ccccc1. The Morgan fingerprint density at radius 1 is 0.950 bits per heavy atom. The minimum atomic E-state index is -0.407. The van der Waals surface area contributed by atoms with Crippen LogP contribution in [0.2, 0.25) is 0 Å². The number of methoxy groups -OCH3 is 1. The first-order valence-corrected chi connectivity index (χ1v) is 13.3. The summed E-state index contributed by atoms with van der Waals surface area (Å²) in [6, 6.07) is 30.1. The van der Waals surface area contributed by atoms with Crippen molar-refractivity contribution < 1.29 is 14.4 Å². The zero-order valence-electron chi connectivity index (χ0n) is 21.9. The van der Waals surface area contributed by atoms with E-state index in [0.29, 0.717) is 23.2 Å². The minimum Gasteiger partial charge on any atom is -0.493 e. The number of nitro groups is 1. The lowest BCUT2D eigenvalue weighted by Crippen LogP contribution is -1.98. The Hall–Kier alpha value is -5.02. The van der Waals surface area contributed by atoms with Gasteiger partial charge in [0.05, 0.1) is 28.8 Å². The van der Waals surface area contributed by atoms with Gasteiger partial charge in [-0.25, -0.2) is 4.98 Å². The first-order valence-electron chi connectivity index (χ1n) is 12.5. The molecule has 0 spiro atoms. The van der Waals surface area contributed by atoms with Gasteiger partial charge in [0.2, 0.25) is 5.13 Å². The van der Waals surface area contributed by atoms with Crippen molar-refractivity contribution in [1.29, 1.82) is 0 Å². The predicted octanol–water partition coefficient (Wildman–Crippen LogP) is 7.73. The minimum absolute atomic E-state index is 0.0417. The van der Waals surface area contributed by atoms with Crippen LogP contribution in [0.1, 0.15) is 16.7 Å². The third kappa shape index (κ3) is 6.33. The standard InChI is InChI=1S/C31H26N4O4S/c1-21-8-11-24(12-9-21)29-30(25-13-15-26(16-14-25)35(36)37)40-31(33-29)34-32-19-23-10-17-27(28(18-23)38-2)39-20-22-6-4-3-5-7-22/h3-19H,20H2,1-2H3,(H,33,34)/b32-19-. The van der Waals surface area contributed by atoms with E-state index in [1.165, 1.54) is 23.5 Å². The fourth-order valence-electron chi connectivity index (χ4n) is 3.99. The molecule has 1 aromatic heterocycles. The smallest absolute Gasteiger partial charge is 0.269 e. The van der Waals surface area contributed by atoms with E-state index in [1.807, 2.05) is 79.7 Å². The van der Waals surface area contributed by atoms with Crippen LogP contribution in [-0.4, -0.2) is 23.2 Å². The molecule has 0 aliphatic heterocycles. The zero-order valence-corrected chi connectivity index (χ0v) is 22.7. The fraction of sp³-hybridized carbons (Fsp3) is 0.0968. The van der Waals surface area contributed by atoms with Gasteiger partial charge in [0.1, 0.15) is 6.61 Å². The topological polar surface area (TPSA) is 98.9 Å². The summed E-state index contributed by atoms with van der Waals surface area (Å²) in [7, 11) is 1.60. The van der Waals surface area contributed by atoms with E-state index in [9.17, 15) is 10.1 Å². The summed E-state index contributed by atoms with van der Waals surface area (Å²) in [5.74, 6) is 1.25. The molecule has 0 radical (unpaired) electrons. The van der Waals surface area contributed by atoms with Gasteiger partial charge in [0.15, 0.2) is 11.5 Å². The molecule has 4 aromatic carbocycles. The van der Waals surface area contributed by atoms with E-state index >= 15 is 0 Å². The number of non-ortho nitro benzene ring substituents is 1. The molecule has 0 aliphatic rings. The maximum absolute atomic E-state index is 11.1. The summed E-state index contributed by atoms with van der Waals surface area (Å²) >= 11 is 1.43. The fourth-order valence-corrected chi connectivity index (χ4v) is 4.93. The molecule has 0 atom stereocenters. The van der Waals surface area contributed by atoms with Gasteiger partial charge in [-0.1, -0.05) is 71.5 Å². The number of nitrogens with one attached hydrogen (secondary N) is 1. The van der Waals surface area contributed by atoms with Crippen molar-refractivity contribution in [1.82, 2.24) is 4.98 Å². The molecule has 0 aliphatic carbocycles. The van der Waals surface area contributed by atoms with E-state index < -0.39 is 4.92 Å². The molecule has 40 heavy (non-hydrogen) atoms.